The molecule has 5 nitrogen and oxygen atoms in total. The third-order valence-corrected chi connectivity index (χ3v) is 4.40. The number of nitrogens with one attached hydrogen (secondary N) is 2. The molecule has 3 fully saturated rings. The molecule has 0 aromatic rings. The summed E-state index contributed by atoms with van der Waals surface area (Å²) in [5.41, 5.74) is 0. The minimum Gasteiger partial charge on any atom is -0.374 e. The fourth-order valence-corrected chi connectivity index (χ4v) is 3.00. The van der Waals surface area contributed by atoms with Crippen LogP contribution in [0.1, 0.15) is 25.7 Å². The number of ether oxygens (including phenoxy) is 1. The summed E-state index contributed by atoms with van der Waals surface area (Å²) in [4.78, 5) is 14.1. The van der Waals surface area contributed by atoms with Crippen LogP contribution >= 0.6 is 0 Å². The summed E-state index contributed by atoms with van der Waals surface area (Å²) < 4.78 is 5.85. The molecule has 2 heterocycles. The highest BCUT2D eigenvalue weighted by atomic mass is 16.5. The van der Waals surface area contributed by atoms with E-state index in [1.165, 1.54) is 32.2 Å². The van der Waals surface area contributed by atoms with E-state index in [4.69, 9.17) is 4.74 Å². The van der Waals surface area contributed by atoms with Gasteiger partial charge in [-0.2, -0.15) is 0 Å². The molecule has 2 N–H and O–H groups in total. The lowest BCUT2D eigenvalue weighted by atomic mass is 10.2. The topological polar surface area (TPSA) is 53.6 Å². The molecule has 2 unspecified atom stereocenters. The maximum atomic E-state index is 11.6. The highest BCUT2D eigenvalue weighted by Gasteiger charge is 2.31. The van der Waals surface area contributed by atoms with Crippen LogP contribution in [0.3, 0.4) is 0 Å². The Kier molecular flexibility index (Phi) is 4.35. The summed E-state index contributed by atoms with van der Waals surface area (Å²) in [6, 6.07) is 0.651. The number of hydrogen-bond acceptors (Lipinski definition) is 4. The van der Waals surface area contributed by atoms with Crippen molar-refractivity contribution >= 4 is 5.91 Å². The molecular formula is C14H25N3O2. The molecule has 108 valence electrons. The first-order chi connectivity index (χ1) is 9.31. The zero-order chi connectivity index (χ0) is 13.1. The fourth-order valence-electron chi connectivity index (χ4n) is 3.00. The Bertz CT molecular complexity index is 320. The minimum atomic E-state index is 0.113. The normalized spacial score (nSPS) is 31.2. The minimum absolute atomic E-state index is 0.113. The van der Waals surface area contributed by atoms with Gasteiger partial charge in [-0.05, 0) is 38.1 Å². The van der Waals surface area contributed by atoms with Crippen molar-refractivity contribution in [3.8, 4) is 0 Å². The molecule has 0 aromatic carbocycles. The highest BCUT2D eigenvalue weighted by Crippen LogP contribution is 2.27. The molecule has 2 saturated heterocycles. The van der Waals surface area contributed by atoms with E-state index in [0.29, 0.717) is 12.6 Å². The summed E-state index contributed by atoms with van der Waals surface area (Å²) >= 11 is 0. The summed E-state index contributed by atoms with van der Waals surface area (Å²) in [6.07, 6.45) is 5.38. The maximum Gasteiger partial charge on any atom is 0.233 e. The van der Waals surface area contributed by atoms with Crippen LogP contribution in [0.25, 0.3) is 0 Å². The fraction of sp³-hybridized carbons (Fsp3) is 0.929. The highest BCUT2D eigenvalue weighted by molar-refractivity contribution is 5.77. The first-order valence-electron chi connectivity index (χ1n) is 7.64. The van der Waals surface area contributed by atoms with Crippen LogP contribution in [-0.2, 0) is 9.53 Å². The molecule has 0 radical (unpaired) electrons. The van der Waals surface area contributed by atoms with Crippen molar-refractivity contribution < 1.29 is 9.53 Å². The first-order valence-corrected chi connectivity index (χ1v) is 7.64. The van der Waals surface area contributed by atoms with Crippen LogP contribution in [0.4, 0.5) is 0 Å². The van der Waals surface area contributed by atoms with Gasteiger partial charge < -0.3 is 15.4 Å². The molecule has 1 aliphatic carbocycles. The van der Waals surface area contributed by atoms with Gasteiger partial charge in [0.25, 0.3) is 0 Å². The Balaban J connectivity index is 1.28. The van der Waals surface area contributed by atoms with Crippen LogP contribution in [0.2, 0.25) is 0 Å². The number of fused-ring (bicyclic) bond motifs is 1. The predicted octanol–water partition coefficient (Wildman–Crippen LogP) is -0.0346. The lowest BCUT2D eigenvalue weighted by Gasteiger charge is -2.35. The number of amides is 1. The van der Waals surface area contributed by atoms with E-state index >= 15 is 0 Å². The predicted molar refractivity (Wildman–Crippen MR) is 72.9 cm³/mol. The van der Waals surface area contributed by atoms with Crippen molar-refractivity contribution in [3.05, 3.63) is 0 Å². The van der Waals surface area contributed by atoms with E-state index < -0.39 is 0 Å². The number of rotatable bonds is 6. The lowest BCUT2D eigenvalue weighted by Crippen LogP contribution is -2.50. The number of hydrogen-bond donors (Lipinski definition) is 2. The van der Waals surface area contributed by atoms with Crippen LogP contribution < -0.4 is 10.6 Å². The summed E-state index contributed by atoms with van der Waals surface area (Å²) in [7, 11) is 0. The molecular weight excluding hydrogens is 242 g/mol. The van der Waals surface area contributed by atoms with Gasteiger partial charge in [-0.3, -0.25) is 9.69 Å². The molecule has 2 aliphatic heterocycles. The second kappa shape index (κ2) is 6.20. The third-order valence-electron chi connectivity index (χ3n) is 4.40. The van der Waals surface area contributed by atoms with Crippen LogP contribution in [0, 0.1) is 5.92 Å². The molecule has 2 atom stereocenters. The van der Waals surface area contributed by atoms with Crippen molar-refractivity contribution in [2.75, 3.05) is 39.3 Å². The Morgan fingerprint density at radius 2 is 2.16 bits per heavy atom. The zero-order valence-electron chi connectivity index (χ0n) is 11.6. The standard InChI is InChI=1S/C14H25N3O2/c18-14(16-6-11-3-4-11)8-15-7-13-9-17-5-1-2-12(17)10-19-13/h11-13,15H,1-10H2,(H,16,18). The molecule has 0 aromatic heterocycles. The first kappa shape index (κ1) is 13.3. The second-order valence-corrected chi connectivity index (χ2v) is 6.12. The molecule has 1 amide bonds. The quantitative estimate of drug-likeness (QED) is 0.709. The van der Waals surface area contributed by atoms with Gasteiger partial charge in [0, 0.05) is 25.7 Å². The Morgan fingerprint density at radius 1 is 1.26 bits per heavy atom. The molecule has 1 saturated carbocycles. The molecule has 5 heteroatoms. The smallest absolute Gasteiger partial charge is 0.233 e. The van der Waals surface area contributed by atoms with E-state index in [9.17, 15) is 4.79 Å². The van der Waals surface area contributed by atoms with Gasteiger partial charge in [0.2, 0.25) is 5.91 Å². The summed E-state index contributed by atoms with van der Waals surface area (Å²) in [5, 5.41) is 6.18. The largest absolute Gasteiger partial charge is 0.374 e. The number of carbonyl (C=O) groups is 1. The Labute approximate surface area is 115 Å². The van der Waals surface area contributed by atoms with Gasteiger partial charge in [-0.15, -0.1) is 0 Å². The van der Waals surface area contributed by atoms with Crippen molar-refractivity contribution in [3.63, 3.8) is 0 Å². The van der Waals surface area contributed by atoms with Gasteiger partial charge in [-0.25, -0.2) is 0 Å². The Morgan fingerprint density at radius 3 is 3.00 bits per heavy atom. The number of carbonyl (C=O) groups excluding carboxylic acids is 1. The van der Waals surface area contributed by atoms with Gasteiger partial charge in [0.15, 0.2) is 0 Å². The van der Waals surface area contributed by atoms with Gasteiger partial charge in [-0.1, -0.05) is 0 Å². The van der Waals surface area contributed by atoms with Gasteiger partial charge in [0.05, 0.1) is 19.3 Å². The van der Waals surface area contributed by atoms with E-state index in [0.717, 1.165) is 32.2 Å². The SMILES string of the molecule is O=C(CNCC1CN2CCCC2CO1)NCC1CC1. The number of morpholine rings is 1. The van der Waals surface area contributed by atoms with Gasteiger partial charge >= 0.3 is 0 Å². The van der Waals surface area contributed by atoms with Crippen molar-refractivity contribution in [1.29, 1.82) is 0 Å². The van der Waals surface area contributed by atoms with E-state index in [-0.39, 0.29) is 12.0 Å². The number of nitrogens with zero attached hydrogens (tertiary/aromatic N) is 1. The summed E-state index contributed by atoms with van der Waals surface area (Å²) in [6.45, 7) is 5.14. The lowest BCUT2D eigenvalue weighted by molar-refractivity contribution is -0.120. The van der Waals surface area contributed by atoms with Gasteiger partial charge in [0.1, 0.15) is 0 Å². The van der Waals surface area contributed by atoms with Crippen molar-refractivity contribution in [2.45, 2.75) is 37.8 Å². The average molecular weight is 267 g/mol. The molecule has 3 aliphatic rings. The van der Waals surface area contributed by atoms with Crippen LogP contribution in [0.15, 0.2) is 0 Å². The van der Waals surface area contributed by atoms with Crippen LogP contribution in [0.5, 0.6) is 0 Å². The monoisotopic (exact) mass is 267 g/mol. The third kappa shape index (κ3) is 3.91. The van der Waals surface area contributed by atoms with E-state index in [1.807, 2.05) is 0 Å². The van der Waals surface area contributed by atoms with Crippen molar-refractivity contribution in [1.82, 2.24) is 15.5 Å². The van der Waals surface area contributed by atoms with Crippen LogP contribution in [-0.4, -0.2) is 62.3 Å². The average Bonchev–Trinajstić information content (AvgIpc) is 3.13. The maximum absolute atomic E-state index is 11.6. The second-order valence-electron chi connectivity index (χ2n) is 6.12. The molecule has 19 heavy (non-hydrogen) atoms. The summed E-state index contributed by atoms with van der Waals surface area (Å²) in [5.74, 6) is 0.861. The van der Waals surface area contributed by atoms with Crippen molar-refractivity contribution in [2.24, 2.45) is 5.92 Å². The molecule has 0 bridgehead atoms. The molecule has 3 rings (SSSR count). The molecule has 0 spiro atoms. The van der Waals surface area contributed by atoms with E-state index in [1.54, 1.807) is 0 Å². The Hall–Kier alpha value is -0.650. The van der Waals surface area contributed by atoms with E-state index in [2.05, 4.69) is 15.5 Å². The zero-order valence-corrected chi connectivity index (χ0v) is 11.6.